The number of carbonyl (C=O) groups is 1. The van der Waals surface area contributed by atoms with Crippen LogP contribution in [0.15, 0.2) is 58.3 Å². The summed E-state index contributed by atoms with van der Waals surface area (Å²) < 4.78 is 16.7. The summed E-state index contributed by atoms with van der Waals surface area (Å²) >= 11 is 1.34. The Hall–Kier alpha value is -3.32. The van der Waals surface area contributed by atoms with Crippen LogP contribution in [0.25, 0.3) is 22.4 Å². The second-order valence-electron chi connectivity index (χ2n) is 5.94. The minimum Gasteiger partial charge on any atom is -0.497 e. The molecule has 0 aliphatic carbocycles. The maximum atomic E-state index is 12.4. The zero-order chi connectivity index (χ0) is 19.5. The predicted molar refractivity (Wildman–Crippen MR) is 109 cm³/mol. The highest BCUT2D eigenvalue weighted by Gasteiger charge is 2.15. The molecule has 28 heavy (non-hydrogen) atoms. The molecule has 142 valence electrons. The first kappa shape index (κ1) is 18.1. The van der Waals surface area contributed by atoms with Crippen molar-refractivity contribution in [2.75, 3.05) is 19.0 Å². The van der Waals surface area contributed by atoms with E-state index in [0.29, 0.717) is 45.8 Å². The molecule has 0 saturated heterocycles. The molecule has 0 atom stereocenters. The molecule has 0 saturated carbocycles. The Bertz CT molecular complexity index is 1120. The number of methoxy groups -OCH3 is 1. The van der Waals surface area contributed by atoms with Crippen molar-refractivity contribution < 1.29 is 18.7 Å². The first-order valence-corrected chi connectivity index (χ1v) is 9.62. The number of amides is 1. The lowest BCUT2D eigenvalue weighted by molar-refractivity contribution is 0.102. The molecule has 0 bridgehead atoms. The van der Waals surface area contributed by atoms with Gasteiger partial charge < -0.3 is 13.9 Å². The third-order valence-electron chi connectivity index (χ3n) is 4.14. The molecule has 2 aromatic heterocycles. The molecule has 4 aromatic rings. The Kier molecular flexibility index (Phi) is 4.99. The number of carbonyl (C=O) groups excluding carboxylic acids is 1. The highest BCUT2D eigenvalue weighted by atomic mass is 32.1. The van der Waals surface area contributed by atoms with E-state index in [-0.39, 0.29) is 5.91 Å². The maximum Gasteiger partial charge on any atom is 0.257 e. The number of benzene rings is 2. The highest BCUT2D eigenvalue weighted by Crippen LogP contribution is 2.34. The number of fused-ring (bicyclic) bond motifs is 1. The molecular weight excluding hydrogens is 376 g/mol. The molecule has 6 nitrogen and oxygen atoms in total. The van der Waals surface area contributed by atoms with Crippen molar-refractivity contribution in [2.24, 2.45) is 0 Å². The van der Waals surface area contributed by atoms with Crippen molar-refractivity contribution in [3.63, 3.8) is 0 Å². The minimum atomic E-state index is -0.230. The van der Waals surface area contributed by atoms with Crippen LogP contribution in [0.4, 0.5) is 5.13 Å². The van der Waals surface area contributed by atoms with Crippen molar-refractivity contribution in [3.8, 4) is 23.0 Å². The fourth-order valence-electron chi connectivity index (χ4n) is 2.79. The average Bonchev–Trinajstić information content (AvgIpc) is 3.35. The van der Waals surface area contributed by atoms with Crippen LogP contribution >= 0.6 is 11.3 Å². The van der Waals surface area contributed by atoms with Gasteiger partial charge in [0.25, 0.3) is 5.91 Å². The van der Waals surface area contributed by atoms with E-state index in [2.05, 4.69) is 10.3 Å². The van der Waals surface area contributed by atoms with Gasteiger partial charge in [-0.3, -0.25) is 10.1 Å². The molecule has 0 spiro atoms. The second kappa shape index (κ2) is 7.74. The number of thiazole rings is 1. The summed E-state index contributed by atoms with van der Waals surface area (Å²) in [5.74, 6) is 1.80. The molecule has 0 radical (unpaired) electrons. The molecule has 2 aromatic carbocycles. The predicted octanol–water partition coefficient (Wildman–Crippen LogP) is 5.22. The third kappa shape index (κ3) is 3.57. The van der Waals surface area contributed by atoms with E-state index in [4.69, 9.17) is 13.9 Å². The normalized spacial score (nSPS) is 10.8. The zero-order valence-corrected chi connectivity index (χ0v) is 16.2. The molecule has 0 aliphatic rings. The topological polar surface area (TPSA) is 73.6 Å². The molecule has 2 heterocycles. The molecule has 7 heteroatoms. The van der Waals surface area contributed by atoms with Gasteiger partial charge in [0.05, 0.1) is 13.7 Å². The number of hydrogen-bond donors (Lipinski definition) is 1. The summed E-state index contributed by atoms with van der Waals surface area (Å²) in [5, 5.41) is 6.11. The van der Waals surface area contributed by atoms with Gasteiger partial charge in [0, 0.05) is 16.3 Å². The molecule has 1 N–H and O–H groups in total. The number of rotatable bonds is 6. The summed E-state index contributed by atoms with van der Waals surface area (Å²) in [4.78, 5) is 16.9. The van der Waals surface area contributed by atoms with Crippen LogP contribution in [0, 0.1) is 0 Å². The van der Waals surface area contributed by atoms with Gasteiger partial charge in [0.2, 0.25) is 0 Å². The summed E-state index contributed by atoms with van der Waals surface area (Å²) in [6.45, 7) is 2.49. The quantitative estimate of drug-likeness (QED) is 0.486. The number of para-hydroxylation sites is 1. The summed E-state index contributed by atoms with van der Waals surface area (Å²) in [6, 6.07) is 14.6. The van der Waals surface area contributed by atoms with Crippen molar-refractivity contribution in [1.82, 2.24) is 4.98 Å². The number of nitrogens with zero attached hydrogens (tertiary/aromatic N) is 1. The molecule has 0 fully saturated rings. The monoisotopic (exact) mass is 394 g/mol. The third-order valence-corrected chi connectivity index (χ3v) is 4.89. The van der Waals surface area contributed by atoms with Gasteiger partial charge in [-0.15, -0.1) is 11.3 Å². The molecule has 4 rings (SSSR count). The van der Waals surface area contributed by atoms with E-state index in [9.17, 15) is 4.79 Å². The van der Waals surface area contributed by atoms with Crippen molar-refractivity contribution in [2.45, 2.75) is 6.92 Å². The van der Waals surface area contributed by atoms with Crippen LogP contribution < -0.4 is 14.8 Å². The smallest absolute Gasteiger partial charge is 0.257 e. The van der Waals surface area contributed by atoms with Gasteiger partial charge in [-0.05, 0) is 43.3 Å². The lowest BCUT2D eigenvalue weighted by Gasteiger charge is -2.03. The van der Waals surface area contributed by atoms with Crippen LogP contribution in [0.3, 0.4) is 0 Å². The Morgan fingerprint density at radius 1 is 1.21 bits per heavy atom. The van der Waals surface area contributed by atoms with E-state index in [0.717, 1.165) is 5.39 Å². The van der Waals surface area contributed by atoms with Gasteiger partial charge in [0.1, 0.15) is 11.4 Å². The Labute approximate surface area is 165 Å². The minimum absolute atomic E-state index is 0.230. The summed E-state index contributed by atoms with van der Waals surface area (Å²) in [7, 11) is 1.58. The summed E-state index contributed by atoms with van der Waals surface area (Å²) in [6.07, 6.45) is 0. The fourth-order valence-corrected chi connectivity index (χ4v) is 3.48. The number of hydrogen-bond acceptors (Lipinski definition) is 6. The van der Waals surface area contributed by atoms with Crippen LogP contribution in [0.5, 0.6) is 11.5 Å². The molecule has 1 amide bonds. The lowest BCUT2D eigenvalue weighted by Crippen LogP contribution is -2.11. The number of nitrogens with one attached hydrogen (secondary N) is 1. The zero-order valence-electron chi connectivity index (χ0n) is 15.4. The Balaban J connectivity index is 1.54. The van der Waals surface area contributed by atoms with Gasteiger partial charge in [0.15, 0.2) is 22.2 Å². The van der Waals surface area contributed by atoms with Crippen molar-refractivity contribution in [3.05, 3.63) is 59.5 Å². The van der Waals surface area contributed by atoms with E-state index in [1.54, 1.807) is 31.4 Å². The van der Waals surface area contributed by atoms with Crippen molar-refractivity contribution in [1.29, 1.82) is 0 Å². The largest absolute Gasteiger partial charge is 0.497 e. The molecular formula is C21H18N2O4S. The highest BCUT2D eigenvalue weighted by molar-refractivity contribution is 7.14. The molecule has 0 aliphatic heterocycles. The first-order chi connectivity index (χ1) is 13.7. The fraction of sp³-hybridized carbons (Fsp3) is 0.143. The molecule has 0 unspecified atom stereocenters. The number of furan rings is 1. The Morgan fingerprint density at radius 3 is 2.79 bits per heavy atom. The van der Waals surface area contributed by atoms with E-state index < -0.39 is 0 Å². The van der Waals surface area contributed by atoms with Crippen molar-refractivity contribution >= 4 is 33.3 Å². The lowest BCUT2D eigenvalue weighted by atomic mass is 10.2. The number of ether oxygens (including phenoxy) is 2. The Morgan fingerprint density at radius 2 is 2.04 bits per heavy atom. The van der Waals surface area contributed by atoms with Crippen LogP contribution in [-0.4, -0.2) is 24.6 Å². The van der Waals surface area contributed by atoms with Gasteiger partial charge in [-0.1, -0.05) is 12.1 Å². The SMILES string of the molecule is CCOc1cccc2cc(-c3csc(NC(=O)c4ccc(OC)cc4)n3)oc12. The second-order valence-corrected chi connectivity index (χ2v) is 6.80. The van der Waals surface area contributed by atoms with Crippen LogP contribution in [0.2, 0.25) is 0 Å². The van der Waals surface area contributed by atoms with Crippen LogP contribution in [0.1, 0.15) is 17.3 Å². The van der Waals surface area contributed by atoms with Crippen LogP contribution in [-0.2, 0) is 0 Å². The number of aromatic nitrogens is 1. The van der Waals surface area contributed by atoms with E-state index >= 15 is 0 Å². The standard InChI is InChI=1S/C21H18N2O4S/c1-3-26-17-6-4-5-14-11-18(27-19(14)17)16-12-28-21(22-16)23-20(24)13-7-9-15(25-2)10-8-13/h4-12H,3H2,1-2H3,(H,22,23,24). The van der Waals surface area contributed by atoms with Gasteiger partial charge in [-0.2, -0.15) is 0 Å². The van der Waals surface area contributed by atoms with Gasteiger partial charge >= 0.3 is 0 Å². The average molecular weight is 394 g/mol. The first-order valence-electron chi connectivity index (χ1n) is 8.74. The maximum absolute atomic E-state index is 12.4. The van der Waals surface area contributed by atoms with E-state index in [1.165, 1.54) is 11.3 Å². The number of anilines is 1. The van der Waals surface area contributed by atoms with Gasteiger partial charge in [-0.25, -0.2) is 4.98 Å². The van der Waals surface area contributed by atoms with E-state index in [1.807, 2.05) is 36.6 Å². The summed E-state index contributed by atoms with van der Waals surface area (Å²) in [5.41, 5.74) is 1.88.